The minimum absolute atomic E-state index is 0.197. The highest BCUT2D eigenvalue weighted by Gasteiger charge is 2.18. The Balaban J connectivity index is 1.85. The van der Waals surface area contributed by atoms with Gasteiger partial charge in [-0.25, -0.2) is 4.98 Å². The average molecular weight is 320 g/mol. The second-order valence-electron chi connectivity index (χ2n) is 4.74. The van der Waals surface area contributed by atoms with Crippen LogP contribution >= 0.6 is 11.3 Å². The molecule has 5 nitrogen and oxygen atoms in total. The van der Waals surface area contributed by atoms with Crippen molar-refractivity contribution in [3.63, 3.8) is 0 Å². The third kappa shape index (κ3) is 3.20. The number of nitriles is 1. The molecule has 0 aliphatic carbocycles. The predicted octanol–water partition coefficient (Wildman–Crippen LogP) is 3.57. The topological polar surface area (TPSA) is 91.8 Å². The number of carbonyl (C=O) groups excluding carboxylic acids is 1. The van der Waals surface area contributed by atoms with Crippen LogP contribution in [0.2, 0.25) is 0 Å². The quantitative estimate of drug-likeness (QED) is 0.717. The van der Waals surface area contributed by atoms with E-state index in [-0.39, 0.29) is 11.6 Å². The van der Waals surface area contributed by atoms with Gasteiger partial charge in [0.2, 0.25) is 5.78 Å². The molecule has 23 heavy (non-hydrogen) atoms. The summed E-state index contributed by atoms with van der Waals surface area (Å²) in [6.07, 6.45) is 0. The van der Waals surface area contributed by atoms with Gasteiger partial charge in [0.15, 0.2) is 5.13 Å². The second kappa shape index (κ2) is 6.30. The first-order valence-corrected chi connectivity index (χ1v) is 7.62. The van der Waals surface area contributed by atoms with Crippen molar-refractivity contribution in [3.8, 4) is 6.07 Å². The number of rotatable bonds is 4. The largest absolute Gasteiger partial charge is 0.382 e. The van der Waals surface area contributed by atoms with Crippen LogP contribution in [0, 0.1) is 11.3 Å². The first-order chi connectivity index (χ1) is 11.2. The van der Waals surface area contributed by atoms with Crippen LogP contribution in [0.1, 0.15) is 20.8 Å². The number of hydrogen-bond acceptors (Lipinski definition) is 6. The molecular weight excluding hydrogens is 308 g/mol. The highest BCUT2D eigenvalue weighted by Crippen LogP contribution is 2.29. The lowest BCUT2D eigenvalue weighted by atomic mass is 10.1. The molecule has 3 aromatic rings. The van der Waals surface area contributed by atoms with Crippen LogP contribution in [-0.4, -0.2) is 10.8 Å². The molecule has 3 N–H and O–H groups in total. The van der Waals surface area contributed by atoms with Crippen LogP contribution < -0.4 is 11.1 Å². The van der Waals surface area contributed by atoms with E-state index in [2.05, 4.69) is 10.3 Å². The van der Waals surface area contributed by atoms with E-state index in [1.807, 2.05) is 36.4 Å². The number of anilines is 3. The molecule has 0 saturated carbocycles. The van der Waals surface area contributed by atoms with Crippen LogP contribution in [0.4, 0.5) is 16.6 Å². The highest BCUT2D eigenvalue weighted by atomic mass is 32.1. The fourth-order valence-electron chi connectivity index (χ4n) is 2.02. The normalized spacial score (nSPS) is 10.0. The number of nitrogens with one attached hydrogen (secondary N) is 1. The zero-order chi connectivity index (χ0) is 16.2. The lowest BCUT2D eigenvalue weighted by Gasteiger charge is -2.00. The van der Waals surface area contributed by atoms with E-state index in [0.29, 0.717) is 21.1 Å². The van der Waals surface area contributed by atoms with E-state index in [1.165, 1.54) is 11.3 Å². The number of benzene rings is 2. The number of ketones is 1. The molecule has 3 rings (SSSR count). The zero-order valence-electron chi connectivity index (χ0n) is 12.0. The van der Waals surface area contributed by atoms with Crippen molar-refractivity contribution in [1.29, 1.82) is 5.26 Å². The van der Waals surface area contributed by atoms with Gasteiger partial charge in [0.1, 0.15) is 10.7 Å². The smallest absolute Gasteiger partial charge is 0.206 e. The average Bonchev–Trinajstić information content (AvgIpc) is 2.95. The van der Waals surface area contributed by atoms with Gasteiger partial charge >= 0.3 is 0 Å². The summed E-state index contributed by atoms with van der Waals surface area (Å²) in [5.74, 6) is -0.00612. The van der Waals surface area contributed by atoms with Crippen molar-refractivity contribution in [1.82, 2.24) is 4.98 Å². The standard InChI is InChI=1S/C17H12N4OS/c18-10-11-6-8-12(9-7-11)14(22)15-16(19)21-17(23-15)20-13-4-2-1-3-5-13/h1-9H,19H2,(H,20,21). The molecule has 1 heterocycles. The number of aromatic nitrogens is 1. The summed E-state index contributed by atoms with van der Waals surface area (Å²) in [5, 5.41) is 12.5. The maximum atomic E-state index is 12.5. The number of thiazole rings is 1. The monoisotopic (exact) mass is 320 g/mol. The van der Waals surface area contributed by atoms with E-state index >= 15 is 0 Å². The summed E-state index contributed by atoms with van der Waals surface area (Å²) in [6.45, 7) is 0. The summed E-state index contributed by atoms with van der Waals surface area (Å²) >= 11 is 1.21. The van der Waals surface area contributed by atoms with Crippen LogP contribution in [-0.2, 0) is 0 Å². The Labute approximate surface area is 137 Å². The summed E-state index contributed by atoms with van der Waals surface area (Å²) in [4.78, 5) is 17.1. The minimum atomic E-state index is -0.203. The Hall–Kier alpha value is -3.17. The molecule has 6 heteroatoms. The fourth-order valence-corrected chi connectivity index (χ4v) is 2.89. The molecular formula is C17H12N4OS. The molecule has 0 saturated heterocycles. The van der Waals surface area contributed by atoms with Crippen molar-refractivity contribution in [2.75, 3.05) is 11.1 Å². The van der Waals surface area contributed by atoms with Crippen LogP contribution in [0.15, 0.2) is 54.6 Å². The van der Waals surface area contributed by atoms with Crippen molar-refractivity contribution >= 4 is 33.8 Å². The molecule has 1 aromatic heterocycles. The summed E-state index contributed by atoms with van der Waals surface area (Å²) < 4.78 is 0. The molecule has 0 spiro atoms. The van der Waals surface area contributed by atoms with Gasteiger partial charge in [-0.2, -0.15) is 5.26 Å². The van der Waals surface area contributed by atoms with Gasteiger partial charge in [-0.05, 0) is 36.4 Å². The Morgan fingerprint density at radius 3 is 2.48 bits per heavy atom. The molecule has 112 valence electrons. The first-order valence-electron chi connectivity index (χ1n) is 6.80. The third-order valence-corrected chi connectivity index (χ3v) is 4.15. The van der Waals surface area contributed by atoms with Crippen molar-refractivity contribution in [3.05, 3.63) is 70.6 Å². The Morgan fingerprint density at radius 2 is 1.83 bits per heavy atom. The van der Waals surface area contributed by atoms with Crippen molar-refractivity contribution < 1.29 is 4.79 Å². The Kier molecular flexibility index (Phi) is 4.04. The van der Waals surface area contributed by atoms with Crippen molar-refractivity contribution in [2.24, 2.45) is 0 Å². The van der Waals surface area contributed by atoms with Gasteiger partial charge < -0.3 is 11.1 Å². The van der Waals surface area contributed by atoms with Crippen LogP contribution in [0.5, 0.6) is 0 Å². The number of nitrogens with two attached hydrogens (primary N) is 1. The highest BCUT2D eigenvalue weighted by molar-refractivity contribution is 7.18. The van der Waals surface area contributed by atoms with Gasteiger partial charge in [-0.1, -0.05) is 29.5 Å². The Bertz CT molecular complexity index is 879. The maximum Gasteiger partial charge on any atom is 0.206 e. The van der Waals surface area contributed by atoms with Gasteiger partial charge in [0.05, 0.1) is 11.6 Å². The van der Waals surface area contributed by atoms with E-state index in [1.54, 1.807) is 24.3 Å². The molecule has 0 aliphatic heterocycles. The van der Waals surface area contributed by atoms with E-state index in [4.69, 9.17) is 11.0 Å². The lowest BCUT2D eigenvalue weighted by Crippen LogP contribution is -2.02. The molecule has 0 atom stereocenters. The predicted molar refractivity (Wildman–Crippen MR) is 90.8 cm³/mol. The van der Waals surface area contributed by atoms with E-state index in [9.17, 15) is 4.79 Å². The SMILES string of the molecule is N#Cc1ccc(C(=O)c2sc(Nc3ccccc3)nc2N)cc1. The molecule has 0 radical (unpaired) electrons. The maximum absolute atomic E-state index is 12.5. The minimum Gasteiger partial charge on any atom is -0.382 e. The second-order valence-corrected chi connectivity index (χ2v) is 5.74. The molecule has 0 amide bonds. The number of carbonyl (C=O) groups is 1. The number of para-hydroxylation sites is 1. The van der Waals surface area contributed by atoms with Crippen LogP contribution in [0.25, 0.3) is 0 Å². The zero-order valence-corrected chi connectivity index (χ0v) is 12.8. The number of nitrogens with zero attached hydrogens (tertiary/aromatic N) is 2. The summed E-state index contributed by atoms with van der Waals surface area (Å²) in [5.41, 5.74) is 7.73. The number of hydrogen-bond donors (Lipinski definition) is 2. The number of nitrogen functional groups attached to an aromatic ring is 1. The summed E-state index contributed by atoms with van der Waals surface area (Å²) in [6, 6.07) is 18.0. The summed E-state index contributed by atoms with van der Waals surface area (Å²) in [7, 11) is 0. The lowest BCUT2D eigenvalue weighted by molar-refractivity contribution is 0.104. The van der Waals surface area contributed by atoms with E-state index < -0.39 is 0 Å². The van der Waals surface area contributed by atoms with Gasteiger partial charge in [-0.3, -0.25) is 4.79 Å². The fraction of sp³-hybridized carbons (Fsp3) is 0. The molecule has 0 fully saturated rings. The van der Waals surface area contributed by atoms with Crippen molar-refractivity contribution in [2.45, 2.75) is 0 Å². The molecule has 0 bridgehead atoms. The van der Waals surface area contributed by atoms with Gasteiger partial charge in [0.25, 0.3) is 0 Å². The Morgan fingerprint density at radius 1 is 1.13 bits per heavy atom. The third-order valence-electron chi connectivity index (χ3n) is 3.16. The van der Waals surface area contributed by atoms with Crippen LogP contribution in [0.3, 0.4) is 0 Å². The van der Waals surface area contributed by atoms with E-state index in [0.717, 1.165) is 5.69 Å². The first kappa shape index (κ1) is 14.8. The van der Waals surface area contributed by atoms with Gasteiger partial charge in [0, 0.05) is 11.3 Å². The molecule has 0 unspecified atom stereocenters. The molecule has 0 aliphatic rings. The van der Waals surface area contributed by atoms with Gasteiger partial charge in [-0.15, -0.1) is 0 Å². The molecule has 2 aromatic carbocycles.